The summed E-state index contributed by atoms with van der Waals surface area (Å²) < 4.78 is 38.6. The van der Waals surface area contributed by atoms with Crippen LogP contribution in [0.25, 0.3) is 0 Å². The maximum Gasteiger partial charge on any atom is 0.416 e. The first-order chi connectivity index (χ1) is 7.86. The fourth-order valence-electron chi connectivity index (χ4n) is 1.87. The number of benzene rings is 1. The van der Waals surface area contributed by atoms with Crippen molar-refractivity contribution in [3.8, 4) is 0 Å². The van der Waals surface area contributed by atoms with Crippen molar-refractivity contribution in [2.24, 2.45) is 0 Å². The second-order valence-electron chi connectivity index (χ2n) is 4.27. The summed E-state index contributed by atoms with van der Waals surface area (Å²) in [4.78, 5) is 0. The summed E-state index contributed by atoms with van der Waals surface area (Å²) in [5.74, 6) is -0.0937. The number of hydrogen-bond acceptors (Lipinski definition) is 0. The van der Waals surface area contributed by atoms with Crippen molar-refractivity contribution < 1.29 is 13.2 Å². The number of hydrogen-bond donors (Lipinski definition) is 0. The zero-order valence-electron chi connectivity index (χ0n) is 9.94. The van der Waals surface area contributed by atoms with Crippen molar-refractivity contribution in [3.63, 3.8) is 0 Å². The van der Waals surface area contributed by atoms with Crippen LogP contribution in [0.1, 0.15) is 50.2 Å². The quantitative estimate of drug-likeness (QED) is 0.659. The lowest BCUT2D eigenvalue weighted by Gasteiger charge is -2.18. The molecule has 96 valence electrons. The van der Waals surface area contributed by atoms with E-state index in [9.17, 15) is 13.2 Å². The highest BCUT2D eigenvalue weighted by atomic mass is 35.5. The lowest BCUT2D eigenvalue weighted by molar-refractivity contribution is -0.138. The largest absolute Gasteiger partial charge is 0.416 e. The molecule has 0 aliphatic heterocycles. The molecule has 0 aromatic heterocycles. The zero-order valence-corrected chi connectivity index (χ0v) is 10.7. The van der Waals surface area contributed by atoms with Gasteiger partial charge < -0.3 is 0 Å². The lowest BCUT2D eigenvalue weighted by Crippen LogP contribution is -2.11. The highest BCUT2D eigenvalue weighted by molar-refractivity contribution is 6.30. The molecule has 0 nitrogen and oxygen atoms in total. The Hall–Kier alpha value is -0.700. The fraction of sp³-hybridized carbons (Fsp3) is 0.538. The van der Waals surface area contributed by atoms with Gasteiger partial charge in [-0.2, -0.15) is 13.2 Å². The molecule has 1 aromatic rings. The third-order valence-corrected chi connectivity index (χ3v) is 3.08. The molecule has 0 bridgehead atoms. The fourth-order valence-corrected chi connectivity index (χ4v) is 2.04. The predicted octanol–water partition coefficient (Wildman–Crippen LogP) is 5.65. The van der Waals surface area contributed by atoms with Crippen molar-refractivity contribution in [1.29, 1.82) is 0 Å². The second-order valence-corrected chi connectivity index (χ2v) is 4.71. The van der Waals surface area contributed by atoms with E-state index in [1.165, 1.54) is 12.1 Å². The maximum absolute atomic E-state index is 12.9. The Bertz CT molecular complexity index is 371. The van der Waals surface area contributed by atoms with Gasteiger partial charge in [-0.15, -0.1) is 0 Å². The van der Waals surface area contributed by atoms with E-state index in [4.69, 9.17) is 11.6 Å². The Balaban J connectivity index is 3.06. The third-order valence-electron chi connectivity index (χ3n) is 2.84. The number of alkyl halides is 3. The Morgan fingerprint density at radius 2 is 1.94 bits per heavy atom. The molecule has 0 saturated carbocycles. The van der Waals surface area contributed by atoms with E-state index < -0.39 is 11.7 Å². The Kier molecular flexibility index (Phi) is 4.87. The van der Waals surface area contributed by atoms with Crippen molar-refractivity contribution in [2.75, 3.05) is 0 Å². The molecule has 1 unspecified atom stereocenters. The highest BCUT2D eigenvalue weighted by Gasteiger charge is 2.34. The monoisotopic (exact) mass is 264 g/mol. The Morgan fingerprint density at radius 3 is 2.47 bits per heavy atom. The number of halogens is 4. The molecule has 0 heterocycles. The number of rotatable bonds is 4. The minimum atomic E-state index is -4.33. The molecular formula is C13H16ClF3. The smallest absolute Gasteiger partial charge is 0.166 e. The van der Waals surface area contributed by atoms with E-state index in [1.807, 2.05) is 13.8 Å². The van der Waals surface area contributed by atoms with E-state index in [1.54, 1.807) is 0 Å². The molecule has 0 spiro atoms. The summed E-state index contributed by atoms with van der Waals surface area (Å²) in [6, 6.07) is 4.03. The number of unbranched alkanes of at least 4 members (excludes halogenated alkanes) is 1. The van der Waals surface area contributed by atoms with Gasteiger partial charge in [0.25, 0.3) is 0 Å². The van der Waals surface area contributed by atoms with Gasteiger partial charge in [0.1, 0.15) is 0 Å². The van der Waals surface area contributed by atoms with E-state index in [2.05, 4.69) is 0 Å². The molecule has 17 heavy (non-hydrogen) atoms. The summed E-state index contributed by atoms with van der Waals surface area (Å²) in [6.45, 7) is 3.85. The predicted molar refractivity (Wildman–Crippen MR) is 64.4 cm³/mol. The molecule has 0 aliphatic carbocycles. The van der Waals surface area contributed by atoms with E-state index >= 15 is 0 Å². The molecule has 4 heteroatoms. The lowest BCUT2D eigenvalue weighted by atomic mass is 9.91. The second kappa shape index (κ2) is 5.76. The van der Waals surface area contributed by atoms with Gasteiger partial charge in [-0.25, -0.2) is 0 Å². The van der Waals surface area contributed by atoms with Gasteiger partial charge >= 0.3 is 6.18 Å². The van der Waals surface area contributed by atoms with Gasteiger partial charge in [-0.05, 0) is 30.0 Å². The molecule has 1 aromatic carbocycles. The average Bonchev–Trinajstić information content (AvgIpc) is 2.24. The van der Waals surface area contributed by atoms with Gasteiger partial charge in [-0.3, -0.25) is 0 Å². The third kappa shape index (κ3) is 3.91. The molecule has 0 aliphatic rings. The van der Waals surface area contributed by atoms with E-state index in [0.717, 1.165) is 25.3 Å². The Labute approximate surface area is 105 Å². The van der Waals surface area contributed by atoms with Crippen LogP contribution in [0.5, 0.6) is 0 Å². The molecule has 1 atom stereocenters. The van der Waals surface area contributed by atoms with Crippen LogP contribution >= 0.6 is 11.6 Å². The van der Waals surface area contributed by atoms with Crippen molar-refractivity contribution in [2.45, 2.75) is 45.2 Å². The van der Waals surface area contributed by atoms with E-state index in [-0.39, 0.29) is 10.9 Å². The van der Waals surface area contributed by atoms with Crippen LogP contribution < -0.4 is 0 Å². The molecular weight excluding hydrogens is 249 g/mol. The van der Waals surface area contributed by atoms with Crippen molar-refractivity contribution in [1.82, 2.24) is 0 Å². The SMILES string of the molecule is CCCCC(C)c1ccc(Cl)cc1C(F)(F)F. The van der Waals surface area contributed by atoms with Gasteiger partial charge in [0.15, 0.2) is 0 Å². The van der Waals surface area contributed by atoms with Gasteiger partial charge in [0.05, 0.1) is 5.56 Å². The van der Waals surface area contributed by atoms with Crippen LogP contribution in [0.2, 0.25) is 5.02 Å². The summed E-state index contributed by atoms with van der Waals surface area (Å²) in [7, 11) is 0. The van der Waals surface area contributed by atoms with Crippen LogP contribution in [0.4, 0.5) is 13.2 Å². The van der Waals surface area contributed by atoms with Crippen LogP contribution in [-0.4, -0.2) is 0 Å². The van der Waals surface area contributed by atoms with Crippen LogP contribution in [0.15, 0.2) is 18.2 Å². The van der Waals surface area contributed by atoms with E-state index in [0.29, 0.717) is 5.56 Å². The molecule has 0 fully saturated rings. The Morgan fingerprint density at radius 1 is 1.29 bits per heavy atom. The van der Waals surface area contributed by atoms with Crippen LogP contribution in [-0.2, 0) is 6.18 Å². The summed E-state index contributed by atoms with van der Waals surface area (Å²) in [6.07, 6.45) is -1.65. The minimum absolute atomic E-state index is 0.0937. The van der Waals surface area contributed by atoms with Crippen LogP contribution in [0.3, 0.4) is 0 Å². The topological polar surface area (TPSA) is 0 Å². The normalized spacial score (nSPS) is 13.8. The maximum atomic E-state index is 12.9. The summed E-state index contributed by atoms with van der Waals surface area (Å²) in [5.41, 5.74) is -0.260. The first kappa shape index (κ1) is 14.4. The average molecular weight is 265 g/mol. The van der Waals surface area contributed by atoms with Crippen molar-refractivity contribution in [3.05, 3.63) is 34.3 Å². The van der Waals surface area contributed by atoms with Gasteiger partial charge in [-0.1, -0.05) is 44.4 Å². The summed E-state index contributed by atoms with van der Waals surface area (Å²) in [5, 5.41) is 0.128. The summed E-state index contributed by atoms with van der Waals surface area (Å²) >= 11 is 5.63. The van der Waals surface area contributed by atoms with Gasteiger partial charge in [0, 0.05) is 5.02 Å². The first-order valence-corrected chi connectivity index (χ1v) is 6.10. The first-order valence-electron chi connectivity index (χ1n) is 5.73. The molecule has 1 rings (SSSR count). The highest BCUT2D eigenvalue weighted by Crippen LogP contribution is 2.38. The van der Waals surface area contributed by atoms with Crippen LogP contribution in [0, 0.1) is 0 Å². The molecule has 0 N–H and O–H groups in total. The molecule has 0 saturated heterocycles. The van der Waals surface area contributed by atoms with Gasteiger partial charge in [0.2, 0.25) is 0 Å². The minimum Gasteiger partial charge on any atom is -0.166 e. The zero-order chi connectivity index (χ0) is 13.1. The molecule has 0 radical (unpaired) electrons. The standard InChI is InChI=1S/C13H16ClF3/c1-3-4-5-9(2)11-7-6-10(14)8-12(11)13(15,16)17/h6-9H,3-5H2,1-2H3. The molecule has 0 amide bonds. The van der Waals surface area contributed by atoms with Crippen molar-refractivity contribution >= 4 is 11.6 Å².